The van der Waals surface area contributed by atoms with Crippen molar-refractivity contribution >= 4 is 10.0 Å². The van der Waals surface area contributed by atoms with Gasteiger partial charge in [-0.05, 0) is 38.6 Å². The van der Waals surface area contributed by atoms with E-state index in [1.807, 2.05) is 6.92 Å². The lowest BCUT2D eigenvalue weighted by atomic mass is 9.95. The van der Waals surface area contributed by atoms with Gasteiger partial charge in [0.1, 0.15) is 0 Å². The second-order valence-electron chi connectivity index (χ2n) is 5.87. The maximum atomic E-state index is 12.2. The van der Waals surface area contributed by atoms with Crippen LogP contribution >= 0.6 is 0 Å². The Balaban J connectivity index is 2.43. The van der Waals surface area contributed by atoms with E-state index in [-0.39, 0.29) is 11.8 Å². The molecular formula is C13H28N2O2S. The summed E-state index contributed by atoms with van der Waals surface area (Å²) in [6, 6.07) is 0.583. The van der Waals surface area contributed by atoms with Crippen LogP contribution in [0.2, 0.25) is 0 Å². The van der Waals surface area contributed by atoms with Crippen molar-refractivity contribution in [2.24, 2.45) is 5.92 Å². The number of nitrogens with one attached hydrogen (secondary N) is 1. The average Bonchev–Trinajstić information content (AvgIpc) is 2.23. The molecule has 2 atom stereocenters. The van der Waals surface area contributed by atoms with Crippen molar-refractivity contribution < 1.29 is 8.42 Å². The Bertz CT molecular complexity index is 341. The second-order valence-corrected chi connectivity index (χ2v) is 7.91. The summed E-state index contributed by atoms with van der Waals surface area (Å²) < 4.78 is 26.2. The summed E-state index contributed by atoms with van der Waals surface area (Å²) in [6.07, 6.45) is 2.68. The van der Waals surface area contributed by atoms with Gasteiger partial charge in [0.15, 0.2) is 0 Å². The predicted molar refractivity (Wildman–Crippen MR) is 76.1 cm³/mol. The zero-order valence-corrected chi connectivity index (χ0v) is 13.0. The molecule has 0 aromatic heterocycles. The van der Waals surface area contributed by atoms with Crippen LogP contribution in [0.3, 0.4) is 0 Å². The van der Waals surface area contributed by atoms with Gasteiger partial charge in [0.25, 0.3) is 0 Å². The topological polar surface area (TPSA) is 49.4 Å². The monoisotopic (exact) mass is 276 g/mol. The van der Waals surface area contributed by atoms with Gasteiger partial charge in [-0.15, -0.1) is 0 Å². The summed E-state index contributed by atoms with van der Waals surface area (Å²) in [7, 11) is -3.06. The SMILES string of the molecule is CC1CCN(S(=O)(=O)CCCNC(C)C)C(C)C1. The quantitative estimate of drug-likeness (QED) is 0.753. The highest BCUT2D eigenvalue weighted by molar-refractivity contribution is 7.89. The Hall–Kier alpha value is -0.130. The van der Waals surface area contributed by atoms with Crippen LogP contribution in [0.1, 0.15) is 47.0 Å². The van der Waals surface area contributed by atoms with Gasteiger partial charge < -0.3 is 5.32 Å². The van der Waals surface area contributed by atoms with Crippen LogP contribution in [0.4, 0.5) is 0 Å². The summed E-state index contributed by atoms with van der Waals surface area (Å²) in [5.41, 5.74) is 0. The molecule has 1 saturated heterocycles. The largest absolute Gasteiger partial charge is 0.314 e. The molecule has 1 fully saturated rings. The Morgan fingerprint density at radius 2 is 2.00 bits per heavy atom. The molecule has 0 aromatic rings. The highest BCUT2D eigenvalue weighted by Gasteiger charge is 2.31. The van der Waals surface area contributed by atoms with E-state index in [4.69, 9.17) is 0 Å². The minimum atomic E-state index is -3.06. The Kier molecular flexibility index (Phi) is 6.08. The molecular weight excluding hydrogens is 248 g/mol. The number of hydrogen-bond acceptors (Lipinski definition) is 3. The van der Waals surface area contributed by atoms with E-state index in [9.17, 15) is 8.42 Å². The number of nitrogens with zero attached hydrogens (tertiary/aromatic N) is 1. The van der Waals surface area contributed by atoms with Crippen LogP contribution in [0, 0.1) is 5.92 Å². The van der Waals surface area contributed by atoms with E-state index in [0.29, 0.717) is 24.9 Å². The van der Waals surface area contributed by atoms with Crippen LogP contribution in [-0.2, 0) is 10.0 Å². The fourth-order valence-corrected chi connectivity index (χ4v) is 4.32. The molecule has 0 aromatic carbocycles. The van der Waals surface area contributed by atoms with Crippen LogP contribution in [0.5, 0.6) is 0 Å². The highest BCUT2D eigenvalue weighted by Crippen LogP contribution is 2.24. The maximum absolute atomic E-state index is 12.2. The third-order valence-electron chi connectivity index (χ3n) is 3.57. The molecule has 1 aliphatic heterocycles. The average molecular weight is 276 g/mol. The molecule has 1 N–H and O–H groups in total. The summed E-state index contributed by atoms with van der Waals surface area (Å²) in [4.78, 5) is 0. The highest BCUT2D eigenvalue weighted by atomic mass is 32.2. The van der Waals surface area contributed by atoms with E-state index < -0.39 is 10.0 Å². The molecule has 18 heavy (non-hydrogen) atoms. The van der Waals surface area contributed by atoms with Gasteiger partial charge in [-0.1, -0.05) is 20.8 Å². The number of hydrogen-bond donors (Lipinski definition) is 1. The van der Waals surface area contributed by atoms with E-state index >= 15 is 0 Å². The van der Waals surface area contributed by atoms with Crippen LogP contribution in [-0.4, -0.2) is 43.6 Å². The van der Waals surface area contributed by atoms with Gasteiger partial charge in [-0.25, -0.2) is 8.42 Å². The van der Waals surface area contributed by atoms with Crippen LogP contribution in [0.15, 0.2) is 0 Å². The molecule has 1 aliphatic rings. The summed E-state index contributed by atoms with van der Waals surface area (Å²) >= 11 is 0. The fraction of sp³-hybridized carbons (Fsp3) is 1.00. The minimum Gasteiger partial charge on any atom is -0.314 e. The second kappa shape index (κ2) is 6.87. The van der Waals surface area contributed by atoms with Crippen molar-refractivity contribution in [1.82, 2.24) is 9.62 Å². The van der Waals surface area contributed by atoms with Crippen molar-refractivity contribution in [3.8, 4) is 0 Å². The molecule has 5 heteroatoms. The molecule has 1 rings (SSSR count). The number of piperidine rings is 1. The molecule has 0 spiro atoms. The van der Waals surface area contributed by atoms with Crippen LogP contribution < -0.4 is 5.32 Å². The third kappa shape index (κ3) is 4.86. The van der Waals surface area contributed by atoms with E-state index in [1.54, 1.807) is 4.31 Å². The molecule has 0 amide bonds. The molecule has 4 nitrogen and oxygen atoms in total. The predicted octanol–water partition coefficient (Wildman–Crippen LogP) is 1.82. The van der Waals surface area contributed by atoms with E-state index in [1.165, 1.54) is 0 Å². The first-order valence-corrected chi connectivity index (χ1v) is 8.66. The van der Waals surface area contributed by atoms with Crippen molar-refractivity contribution in [2.45, 2.75) is 59.0 Å². The van der Waals surface area contributed by atoms with Gasteiger partial charge in [0, 0.05) is 18.6 Å². The van der Waals surface area contributed by atoms with Gasteiger partial charge in [-0.3, -0.25) is 0 Å². The lowest BCUT2D eigenvalue weighted by Crippen LogP contribution is -2.45. The summed E-state index contributed by atoms with van der Waals surface area (Å²) in [5.74, 6) is 0.917. The van der Waals surface area contributed by atoms with Gasteiger partial charge in [-0.2, -0.15) is 4.31 Å². The minimum absolute atomic E-state index is 0.164. The Morgan fingerprint density at radius 1 is 1.33 bits per heavy atom. The van der Waals surface area contributed by atoms with Gasteiger partial charge in [0.05, 0.1) is 5.75 Å². The molecule has 0 saturated carbocycles. The zero-order chi connectivity index (χ0) is 13.8. The van der Waals surface area contributed by atoms with Crippen molar-refractivity contribution in [1.29, 1.82) is 0 Å². The molecule has 2 unspecified atom stereocenters. The number of rotatable bonds is 6. The Labute approximate surface area is 112 Å². The van der Waals surface area contributed by atoms with Crippen LogP contribution in [0.25, 0.3) is 0 Å². The zero-order valence-electron chi connectivity index (χ0n) is 12.1. The molecule has 0 aliphatic carbocycles. The lowest BCUT2D eigenvalue weighted by Gasteiger charge is -2.35. The first-order chi connectivity index (χ1) is 8.33. The number of sulfonamides is 1. The van der Waals surface area contributed by atoms with Gasteiger partial charge in [0.2, 0.25) is 10.0 Å². The maximum Gasteiger partial charge on any atom is 0.214 e. The molecule has 1 heterocycles. The van der Waals surface area contributed by atoms with Gasteiger partial charge >= 0.3 is 0 Å². The lowest BCUT2D eigenvalue weighted by molar-refractivity contribution is 0.220. The summed E-state index contributed by atoms with van der Waals surface area (Å²) in [5, 5.41) is 3.26. The fourth-order valence-electron chi connectivity index (χ4n) is 2.56. The van der Waals surface area contributed by atoms with Crippen molar-refractivity contribution in [3.05, 3.63) is 0 Å². The molecule has 0 radical (unpaired) electrons. The van der Waals surface area contributed by atoms with Crippen molar-refractivity contribution in [3.63, 3.8) is 0 Å². The van der Waals surface area contributed by atoms with E-state index in [0.717, 1.165) is 19.4 Å². The normalized spacial score (nSPS) is 26.7. The molecule has 108 valence electrons. The first-order valence-electron chi connectivity index (χ1n) is 7.06. The molecule has 0 bridgehead atoms. The standard InChI is InChI=1S/C13H28N2O2S/c1-11(2)14-7-5-9-18(16,17)15-8-6-12(3)10-13(15)4/h11-14H,5-10H2,1-4H3. The third-order valence-corrected chi connectivity index (χ3v) is 5.63. The smallest absolute Gasteiger partial charge is 0.214 e. The van der Waals surface area contributed by atoms with Crippen molar-refractivity contribution in [2.75, 3.05) is 18.8 Å². The Morgan fingerprint density at radius 3 is 2.56 bits per heavy atom. The first kappa shape index (κ1) is 15.9. The van der Waals surface area contributed by atoms with E-state index in [2.05, 4.69) is 26.1 Å². The summed E-state index contributed by atoms with van der Waals surface area (Å²) in [6.45, 7) is 9.84.